The predicted molar refractivity (Wildman–Crippen MR) is 85.4 cm³/mol. The summed E-state index contributed by atoms with van der Waals surface area (Å²) in [5, 5.41) is 17.2. The van der Waals surface area contributed by atoms with Crippen LogP contribution in [0.25, 0.3) is 0 Å². The fourth-order valence-corrected chi connectivity index (χ4v) is 2.96. The first-order valence-corrected chi connectivity index (χ1v) is 7.82. The van der Waals surface area contributed by atoms with Crippen molar-refractivity contribution in [2.45, 2.75) is 25.4 Å². The topological polar surface area (TPSA) is 61.4 Å². The van der Waals surface area contributed by atoms with Gasteiger partial charge in [-0.2, -0.15) is 0 Å². The van der Waals surface area contributed by atoms with E-state index in [1.807, 2.05) is 48.7 Å². The molecular formula is C16H20N2O2S. The lowest BCUT2D eigenvalue weighted by molar-refractivity contribution is 0.214. The first kappa shape index (κ1) is 15.5. The molecule has 1 heterocycles. The normalized spacial score (nSPS) is 13.4. The minimum atomic E-state index is -0.389. The zero-order valence-corrected chi connectivity index (χ0v) is 12.8. The van der Waals surface area contributed by atoms with Crippen LogP contribution in [0.5, 0.6) is 0 Å². The van der Waals surface area contributed by atoms with Gasteiger partial charge in [0.25, 0.3) is 0 Å². The Labute approximate surface area is 128 Å². The van der Waals surface area contributed by atoms with Crippen LogP contribution in [0.15, 0.2) is 47.8 Å². The Balaban J connectivity index is 1.85. The first-order valence-electron chi connectivity index (χ1n) is 6.94. The highest BCUT2D eigenvalue weighted by Gasteiger charge is 2.15. The highest BCUT2D eigenvalue weighted by atomic mass is 32.1. The van der Waals surface area contributed by atoms with Gasteiger partial charge in [-0.3, -0.25) is 0 Å². The summed E-state index contributed by atoms with van der Waals surface area (Å²) in [7, 11) is 0. The first-order chi connectivity index (χ1) is 10.2. The average Bonchev–Trinajstić information content (AvgIpc) is 2.98. The Morgan fingerprint density at radius 3 is 2.57 bits per heavy atom. The number of carbonyl (C=O) groups is 1. The van der Waals surface area contributed by atoms with Gasteiger partial charge in [-0.25, -0.2) is 4.79 Å². The predicted octanol–water partition coefficient (Wildman–Crippen LogP) is 2.71. The standard InChI is InChI=1S/C16H20N2O2S/c1-12(10-14-8-5-9-21-14)17-16(20)18-15(11-19)13-6-3-2-4-7-13/h2-9,12,15,19H,10-11H2,1H3,(H2,17,18,20)/t12-,15-/m1/s1. The zero-order chi connectivity index (χ0) is 15.1. The van der Waals surface area contributed by atoms with Crippen LogP contribution in [0.4, 0.5) is 4.79 Å². The minimum Gasteiger partial charge on any atom is -0.394 e. The number of hydrogen-bond donors (Lipinski definition) is 3. The molecule has 0 aliphatic rings. The molecular weight excluding hydrogens is 284 g/mol. The van der Waals surface area contributed by atoms with E-state index in [9.17, 15) is 9.90 Å². The summed E-state index contributed by atoms with van der Waals surface area (Å²) in [6, 6.07) is 12.9. The van der Waals surface area contributed by atoms with Crippen molar-refractivity contribution in [2.24, 2.45) is 0 Å². The summed E-state index contributed by atoms with van der Waals surface area (Å²) in [4.78, 5) is 13.2. The summed E-state index contributed by atoms with van der Waals surface area (Å²) in [5.41, 5.74) is 0.890. The van der Waals surface area contributed by atoms with Gasteiger partial charge in [0.2, 0.25) is 0 Å². The smallest absolute Gasteiger partial charge is 0.315 e. The molecule has 0 aliphatic carbocycles. The average molecular weight is 304 g/mol. The van der Waals surface area contributed by atoms with Crippen molar-refractivity contribution in [1.82, 2.24) is 10.6 Å². The van der Waals surface area contributed by atoms with E-state index in [0.29, 0.717) is 0 Å². The highest BCUT2D eigenvalue weighted by molar-refractivity contribution is 7.09. The second kappa shape index (κ2) is 7.81. The van der Waals surface area contributed by atoms with Crippen molar-refractivity contribution in [3.05, 3.63) is 58.3 Å². The van der Waals surface area contributed by atoms with Gasteiger partial charge in [-0.1, -0.05) is 36.4 Å². The Kier molecular flexibility index (Phi) is 5.78. The molecule has 0 unspecified atom stereocenters. The monoisotopic (exact) mass is 304 g/mol. The molecule has 0 bridgehead atoms. The SMILES string of the molecule is C[C@H](Cc1cccs1)NC(=O)N[C@H](CO)c1ccccc1. The Bertz CT molecular complexity index is 543. The van der Waals surface area contributed by atoms with E-state index in [4.69, 9.17) is 0 Å². The van der Waals surface area contributed by atoms with Crippen LogP contribution >= 0.6 is 11.3 Å². The van der Waals surface area contributed by atoms with Gasteiger partial charge < -0.3 is 15.7 Å². The van der Waals surface area contributed by atoms with E-state index < -0.39 is 0 Å². The Morgan fingerprint density at radius 1 is 1.19 bits per heavy atom. The Hall–Kier alpha value is -1.85. The number of thiophene rings is 1. The van der Waals surface area contributed by atoms with Crippen molar-refractivity contribution in [3.8, 4) is 0 Å². The Morgan fingerprint density at radius 2 is 1.95 bits per heavy atom. The maximum atomic E-state index is 12.0. The molecule has 4 nitrogen and oxygen atoms in total. The molecule has 2 amide bonds. The molecule has 21 heavy (non-hydrogen) atoms. The third-order valence-corrected chi connectivity index (χ3v) is 4.05. The summed E-state index contributed by atoms with van der Waals surface area (Å²) in [6.07, 6.45) is 0.806. The number of rotatable bonds is 6. The van der Waals surface area contributed by atoms with Crippen LogP contribution in [-0.2, 0) is 6.42 Å². The van der Waals surface area contributed by atoms with E-state index in [0.717, 1.165) is 12.0 Å². The summed E-state index contributed by atoms with van der Waals surface area (Å²) in [5.74, 6) is 0. The lowest BCUT2D eigenvalue weighted by Gasteiger charge is -2.19. The van der Waals surface area contributed by atoms with Crippen molar-refractivity contribution in [3.63, 3.8) is 0 Å². The third-order valence-electron chi connectivity index (χ3n) is 3.15. The summed E-state index contributed by atoms with van der Waals surface area (Å²) < 4.78 is 0. The van der Waals surface area contributed by atoms with Crippen LogP contribution in [0.2, 0.25) is 0 Å². The molecule has 2 atom stereocenters. The molecule has 1 aromatic heterocycles. The molecule has 2 rings (SSSR count). The van der Waals surface area contributed by atoms with Crippen molar-refractivity contribution < 1.29 is 9.90 Å². The van der Waals surface area contributed by atoms with Crippen molar-refractivity contribution >= 4 is 17.4 Å². The molecule has 0 aliphatic heterocycles. The second-order valence-electron chi connectivity index (χ2n) is 4.95. The van der Waals surface area contributed by atoms with Crippen molar-refractivity contribution in [1.29, 1.82) is 0 Å². The number of aliphatic hydroxyl groups excluding tert-OH is 1. The zero-order valence-electron chi connectivity index (χ0n) is 12.0. The third kappa shape index (κ3) is 4.88. The maximum absolute atomic E-state index is 12.0. The van der Waals surface area contributed by atoms with Crippen molar-refractivity contribution in [2.75, 3.05) is 6.61 Å². The van der Waals surface area contributed by atoms with Crippen LogP contribution < -0.4 is 10.6 Å². The largest absolute Gasteiger partial charge is 0.394 e. The highest BCUT2D eigenvalue weighted by Crippen LogP contribution is 2.12. The second-order valence-corrected chi connectivity index (χ2v) is 5.98. The van der Waals surface area contributed by atoms with Gasteiger partial charge in [0.15, 0.2) is 0 Å². The molecule has 0 spiro atoms. The molecule has 0 saturated heterocycles. The molecule has 2 aromatic rings. The number of hydrogen-bond acceptors (Lipinski definition) is 3. The molecule has 0 saturated carbocycles. The lowest BCUT2D eigenvalue weighted by Crippen LogP contribution is -2.43. The van der Waals surface area contributed by atoms with Gasteiger partial charge in [0.05, 0.1) is 12.6 Å². The number of carbonyl (C=O) groups excluding carboxylic acids is 1. The lowest BCUT2D eigenvalue weighted by atomic mass is 10.1. The van der Waals surface area contributed by atoms with Crippen LogP contribution in [0, 0.1) is 0 Å². The van der Waals surface area contributed by atoms with Gasteiger partial charge in [0, 0.05) is 17.3 Å². The van der Waals surface area contributed by atoms with E-state index in [1.165, 1.54) is 4.88 Å². The minimum absolute atomic E-state index is 0.0405. The van der Waals surface area contributed by atoms with Gasteiger partial charge in [-0.05, 0) is 23.9 Å². The molecule has 0 radical (unpaired) electrons. The van der Waals surface area contributed by atoms with E-state index in [-0.39, 0.29) is 24.7 Å². The fourth-order valence-electron chi connectivity index (χ4n) is 2.12. The number of aliphatic hydroxyl groups is 1. The number of urea groups is 1. The number of nitrogens with one attached hydrogen (secondary N) is 2. The maximum Gasteiger partial charge on any atom is 0.315 e. The molecule has 3 N–H and O–H groups in total. The van der Waals surface area contributed by atoms with E-state index in [1.54, 1.807) is 11.3 Å². The van der Waals surface area contributed by atoms with Crippen LogP contribution in [-0.4, -0.2) is 23.8 Å². The molecule has 1 aromatic carbocycles. The van der Waals surface area contributed by atoms with Crippen LogP contribution in [0.3, 0.4) is 0 Å². The molecule has 0 fully saturated rings. The number of benzene rings is 1. The summed E-state index contributed by atoms with van der Waals surface area (Å²) in [6.45, 7) is 1.84. The van der Waals surface area contributed by atoms with E-state index in [2.05, 4.69) is 16.7 Å². The quantitative estimate of drug-likeness (QED) is 0.768. The molecule has 5 heteroatoms. The van der Waals surface area contributed by atoms with Gasteiger partial charge in [-0.15, -0.1) is 11.3 Å². The van der Waals surface area contributed by atoms with Gasteiger partial charge >= 0.3 is 6.03 Å². The van der Waals surface area contributed by atoms with Crippen LogP contribution in [0.1, 0.15) is 23.4 Å². The molecule has 112 valence electrons. The van der Waals surface area contributed by atoms with E-state index >= 15 is 0 Å². The summed E-state index contributed by atoms with van der Waals surface area (Å²) >= 11 is 1.68. The number of amides is 2. The fraction of sp³-hybridized carbons (Fsp3) is 0.312. The van der Waals surface area contributed by atoms with Gasteiger partial charge in [0.1, 0.15) is 0 Å².